The molecular formula is C73H82N14O10S3. The molecule has 7 heterocycles. The number of piperazine rings is 1. The number of anilines is 3. The van der Waals surface area contributed by atoms with Crippen molar-refractivity contribution in [2.75, 3.05) is 126 Å². The molecule has 11 aromatic rings. The summed E-state index contributed by atoms with van der Waals surface area (Å²) < 4.78 is 46.0. The lowest BCUT2D eigenvalue weighted by Gasteiger charge is -2.32. The van der Waals surface area contributed by atoms with Gasteiger partial charge in [0.15, 0.2) is 46.1 Å². The first-order valence-electron chi connectivity index (χ1n) is 32.7. The normalized spacial score (nSPS) is 13.4. The molecule has 1 amide bonds. The van der Waals surface area contributed by atoms with E-state index in [1.54, 1.807) is 89.2 Å². The number of para-hydroxylation sites is 1. The fourth-order valence-corrected chi connectivity index (χ4v) is 13.3. The highest BCUT2D eigenvalue weighted by molar-refractivity contribution is 7.71. The molecule has 13 rings (SSSR count). The number of aryl methyl sites for hydroxylation is 1. The third kappa shape index (κ3) is 15.5. The molecule has 2 saturated heterocycles. The van der Waals surface area contributed by atoms with Gasteiger partial charge in [-0.05, 0) is 123 Å². The zero-order valence-electron chi connectivity index (χ0n) is 57.3. The van der Waals surface area contributed by atoms with E-state index in [0.29, 0.717) is 138 Å². The molecular weight excluding hydrogens is 1330 g/mol. The molecule has 0 unspecified atom stereocenters. The molecule has 2 aliphatic rings. The van der Waals surface area contributed by atoms with Crippen molar-refractivity contribution < 1.29 is 47.5 Å². The molecule has 27 heteroatoms. The van der Waals surface area contributed by atoms with Gasteiger partial charge in [0.2, 0.25) is 14.3 Å². The van der Waals surface area contributed by atoms with Crippen LogP contribution < -0.4 is 45.6 Å². The highest BCUT2D eigenvalue weighted by atomic mass is 32.1. The third-order valence-corrected chi connectivity index (χ3v) is 19.3. The zero-order valence-corrected chi connectivity index (χ0v) is 59.7. The van der Waals surface area contributed by atoms with Gasteiger partial charge < -0.3 is 83.4 Å². The number of aromatic amines is 1. The number of ether oxygens (including phenoxy) is 7. The summed E-state index contributed by atoms with van der Waals surface area (Å²) in [5.74, 6) is 5.24. The van der Waals surface area contributed by atoms with Gasteiger partial charge in [-0.2, -0.15) is 0 Å². The number of hydrogen-bond donors (Lipinski definition) is 4. The van der Waals surface area contributed by atoms with Crippen molar-refractivity contribution in [3.63, 3.8) is 0 Å². The van der Waals surface area contributed by atoms with Crippen molar-refractivity contribution >= 4 is 126 Å². The second-order valence-electron chi connectivity index (χ2n) is 24.3. The smallest absolute Gasteiger partial charge is 0.253 e. The number of ketones is 2. The van der Waals surface area contributed by atoms with Crippen LogP contribution in [-0.4, -0.2) is 179 Å². The number of rotatable bonds is 21. The first-order valence-corrected chi connectivity index (χ1v) is 33.9. The number of benzene rings is 6. The van der Waals surface area contributed by atoms with E-state index in [4.69, 9.17) is 87.0 Å². The Balaban J connectivity index is 0.000000165. The maximum absolute atomic E-state index is 13.2. The molecule has 522 valence electrons. The topological polar surface area (TPSA) is 278 Å². The zero-order chi connectivity index (χ0) is 70.9. The number of nitrogens with two attached hydrogens (primary N) is 3. The van der Waals surface area contributed by atoms with Gasteiger partial charge >= 0.3 is 0 Å². The number of H-pyrrole nitrogens is 1. The molecule has 5 aromatic heterocycles. The van der Waals surface area contributed by atoms with Gasteiger partial charge in [0.25, 0.3) is 5.91 Å². The molecule has 0 saturated carbocycles. The van der Waals surface area contributed by atoms with Gasteiger partial charge in [0.05, 0.1) is 78.1 Å². The van der Waals surface area contributed by atoms with Gasteiger partial charge in [0.1, 0.15) is 17.5 Å². The maximum Gasteiger partial charge on any atom is 0.253 e. The van der Waals surface area contributed by atoms with Gasteiger partial charge in [-0.3, -0.25) is 19.3 Å². The summed E-state index contributed by atoms with van der Waals surface area (Å²) in [6, 6.07) is 34.4. The summed E-state index contributed by atoms with van der Waals surface area (Å²) in [5, 5.41) is 4.16. The Morgan fingerprint density at radius 3 is 1.59 bits per heavy atom. The number of nitrogen functional groups attached to an aromatic ring is 3. The van der Waals surface area contributed by atoms with E-state index in [9.17, 15) is 14.4 Å². The lowest BCUT2D eigenvalue weighted by Crippen LogP contribution is -2.47. The Hall–Kier alpha value is -10.0. The fourth-order valence-electron chi connectivity index (χ4n) is 12.5. The third-order valence-electron chi connectivity index (χ3n) is 18.3. The molecule has 2 aliphatic heterocycles. The van der Waals surface area contributed by atoms with Crippen molar-refractivity contribution in [2.45, 2.75) is 45.3 Å². The summed E-state index contributed by atoms with van der Waals surface area (Å²) in [4.78, 5) is 62.5. The lowest BCUT2D eigenvalue weighted by molar-refractivity contribution is 0.0371. The van der Waals surface area contributed by atoms with Crippen LogP contribution in [0, 0.1) is 14.3 Å². The number of likely N-dealkylation sites (N-methyl/N-ethyl adjacent to an activating group) is 1. The van der Waals surface area contributed by atoms with E-state index in [-0.39, 0.29) is 17.5 Å². The molecule has 0 radical (unpaired) electrons. The van der Waals surface area contributed by atoms with Crippen LogP contribution in [0.15, 0.2) is 115 Å². The number of nitrogens with zero attached hydrogens (tertiary/aromatic N) is 10. The molecule has 0 bridgehead atoms. The summed E-state index contributed by atoms with van der Waals surface area (Å²) in [6.45, 7) is 9.13. The number of nitrogens with one attached hydrogen (secondary N) is 1. The monoisotopic (exact) mass is 1410 g/mol. The summed E-state index contributed by atoms with van der Waals surface area (Å²) in [7, 11) is 13.3. The van der Waals surface area contributed by atoms with Crippen LogP contribution in [0.25, 0.3) is 65.6 Å². The molecule has 24 nitrogen and oxygen atoms in total. The van der Waals surface area contributed by atoms with Gasteiger partial charge in [-0.1, -0.05) is 42.5 Å². The Bertz CT molecular complexity index is 5060. The first kappa shape index (κ1) is 71.3. The molecule has 7 N–H and O–H groups in total. The number of carbonyl (C=O) groups excluding carboxylic acids is 3. The summed E-state index contributed by atoms with van der Waals surface area (Å²) in [6.07, 6.45) is 4.17. The van der Waals surface area contributed by atoms with Crippen molar-refractivity contribution in [1.29, 1.82) is 0 Å². The number of aromatic nitrogens is 8. The van der Waals surface area contributed by atoms with E-state index < -0.39 is 0 Å². The average molecular weight is 1410 g/mol. The Labute approximate surface area is 593 Å². The molecule has 100 heavy (non-hydrogen) atoms. The minimum absolute atomic E-state index is 0.00441. The maximum atomic E-state index is 13.2. The summed E-state index contributed by atoms with van der Waals surface area (Å²) >= 11 is 16.2. The van der Waals surface area contributed by atoms with E-state index >= 15 is 0 Å². The highest BCUT2D eigenvalue weighted by Crippen LogP contribution is 2.37. The van der Waals surface area contributed by atoms with Crippen molar-refractivity contribution in [3.8, 4) is 45.6 Å². The van der Waals surface area contributed by atoms with Gasteiger partial charge in [-0.15, -0.1) is 0 Å². The average Bonchev–Trinajstić information content (AvgIpc) is 1.31. The number of fused-ring (bicyclic) bond motifs is 5. The second kappa shape index (κ2) is 31.9. The highest BCUT2D eigenvalue weighted by Gasteiger charge is 2.23. The Morgan fingerprint density at radius 2 is 1.02 bits per heavy atom. The van der Waals surface area contributed by atoms with E-state index in [1.807, 2.05) is 94.5 Å². The van der Waals surface area contributed by atoms with E-state index in [1.165, 1.54) is 0 Å². The van der Waals surface area contributed by atoms with Gasteiger partial charge in [0, 0.05) is 152 Å². The van der Waals surface area contributed by atoms with Crippen LogP contribution in [0.2, 0.25) is 0 Å². The summed E-state index contributed by atoms with van der Waals surface area (Å²) in [5.41, 5.74) is 26.9. The van der Waals surface area contributed by atoms with E-state index in [2.05, 4.69) is 41.4 Å². The first-order chi connectivity index (χ1) is 48.3. The van der Waals surface area contributed by atoms with Gasteiger partial charge in [-0.25, -0.2) is 15.0 Å². The van der Waals surface area contributed by atoms with Crippen LogP contribution in [0.1, 0.15) is 56.9 Å². The fraction of sp³-hybridized carbons (Fsp3) is 0.329. The van der Waals surface area contributed by atoms with Crippen LogP contribution >= 0.6 is 36.7 Å². The molecule has 0 spiro atoms. The Kier molecular flexibility index (Phi) is 22.7. The van der Waals surface area contributed by atoms with E-state index in [0.717, 1.165) is 115 Å². The molecule has 0 aliphatic carbocycles. The predicted octanol–water partition coefficient (Wildman–Crippen LogP) is 11.8. The molecule has 2 fully saturated rings. The number of methoxy groups -OCH3 is 6. The van der Waals surface area contributed by atoms with Crippen molar-refractivity contribution in [3.05, 3.63) is 147 Å². The van der Waals surface area contributed by atoms with Crippen LogP contribution in [0.4, 0.5) is 17.5 Å². The van der Waals surface area contributed by atoms with Crippen molar-refractivity contribution in [1.82, 2.24) is 52.9 Å². The number of morpholine rings is 1. The molecule has 6 aromatic carbocycles. The quantitative estimate of drug-likeness (QED) is 0.0384. The Morgan fingerprint density at radius 1 is 0.520 bits per heavy atom. The lowest BCUT2D eigenvalue weighted by atomic mass is 10.0. The SMILES string of the molecule is COc1cc2nc(=S)n(C)c(N)c2cc1OC.COc1cc2nc(=S)n(CCCC(=O)c3cc4ccc(-c5ccc(C(=O)N6CCN(C)CC6)cc5)cc4[nH]3)c(N)c2cc1OC.COc1cc2nc(=S)n(CCn3cc(C(=O)CCCN4CCOCC4)c4ccccc43)c(N)c2cc1OC. The standard InChI is InChI=1S/C34H36N6O4S.C28H33N5O4S.C11H13N3O2S/c1-38-13-15-39(16-14-38)33(42)22-8-6-21(7-9-22)23-10-11-24-18-28(36-26(24)17-23)29(41)5-4-12-40-32(35)25-19-30(43-2)31(44-3)20-27(25)37-34(40)45;1-35-25-16-20-22(17-26(25)36-2)30-28(38)33(27(20)29)11-10-32-18-21(19-6-3-4-7-23(19)32)24(34)8-5-9-31-12-14-37-15-13-31;1-14-10(12)6-4-8(15-2)9(16-3)5-7(6)13-11(14)17/h6-11,17-20,36H,4-5,12-16,35H2,1-3H3;3-4,6-7,16-18H,5,8-15,29H2,1-2H3;4-5H,12H2,1-3H3. The van der Waals surface area contributed by atoms with Crippen molar-refractivity contribution in [2.24, 2.45) is 7.05 Å². The number of hydrogen-bond acceptors (Lipinski definition) is 21. The largest absolute Gasteiger partial charge is 0.493 e. The predicted molar refractivity (Wildman–Crippen MR) is 399 cm³/mol. The minimum atomic E-state index is 0.00441. The number of carbonyl (C=O) groups is 3. The minimum Gasteiger partial charge on any atom is -0.493 e. The van der Waals surface area contributed by atoms with Crippen LogP contribution in [0.3, 0.4) is 0 Å². The van der Waals surface area contributed by atoms with Crippen LogP contribution in [-0.2, 0) is 31.4 Å². The molecule has 0 atom stereocenters. The number of Topliss-reactive ketones (excluding diaryl/α,β-unsaturated/α-hetero) is 2. The van der Waals surface area contributed by atoms with Crippen LogP contribution in [0.5, 0.6) is 34.5 Å². The second-order valence-corrected chi connectivity index (χ2v) is 25.4. The number of amides is 1.